The smallest absolute Gasteiger partial charge is 0.223 e. The molecule has 4 nitrogen and oxygen atoms in total. The van der Waals surface area contributed by atoms with Gasteiger partial charge in [-0.3, -0.25) is 9.69 Å². The minimum atomic E-state index is 0. The van der Waals surface area contributed by atoms with Crippen molar-refractivity contribution in [2.24, 2.45) is 5.73 Å². The van der Waals surface area contributed by atoms with E-state index in [0.717, 1.165) is 44.2 Å². The van der Waals surface area contributed by atoms with Crippen molar-refractivity contribution in [2.75, 3.05) is 32.7 Å². The van der Waals surface area contributed by atoms with E-state index in [9.17, 15) is 4.79 Å². The minimum absolute atomic E-state index is 0. The van der Waals surface area contributed by atoms with E-state index in [1.165, 1.54) is 5.56 Å². The van der Waals surface area contributed by atoms with Crippen molar-refractivity contribution >= 4 is 42.3 Å². The van der Waals surface area contributed by atoms with Crippen molar-refractivity contribution < 1.29 is 4.79 Å². The van der Waals surface area contributed by atoms with Crippen LogP contribution in [-0.2, 0) is 11.3 Å². The zero-order chi connectivity index (χ0) is 14.4. The van der Waals surface area contributed by atoms with Crippen LogP contribution >= 0.6 is 36.4 Å². The van der Waals surface area contributed by atoms with Gasteiger partial charge < -0.3 is 10.6 Å². The number of carbonyl (C=O) groups excluding carboxylic acids is 1. The Hall–Kier alpha value is -0.520. The molecule has 0 bridgehead atoms. The van der Waals surface area contributed by atoms with Crippen molar-refractivity contribution in [1.82, 2.24) is 9.80 Å². The molecule has 2 N–H and O–H groups in total. The normalized spacial score (nSPS) is 15.5. The molecule has 0 unspecified atom stereocenters. The molecule has 0 atom stereocenters. The summed E-state index contributed by atoms with van der Waals surface area (Å²) in [7, 11) is 0. The molecule has 1 fully saturated rings. The standard InChI is InChI=1S/C15H22ClN3O.2ClH/c16-14-4-2-13(3-5-14)12-18-8-1-9-19(11-10-18)15(20)6-7-17;;/h2-5H,1,6-12,17H2;2*1H. The number of benzene rings is 1. The van der Waals surface area contributed by atoms with Gasteiger partial charge in [-0.25, -0.2) is 0 Å². The van der Waals surface area contributed by atoms with Gasteiger partial charge in [-0.2, -0.15) is 0 Å². The highest BCUT2D eigenvalue weighted by molar-refractivity contribution is 6.30. The fourth-order valence-electron chi connectivity index (χ4n) is 2.51. The van der Waals surface area contributed by atoms with E-state index in [0.29, 0.717) is 13.0 Å². The summed E-state index contributed by atoms with van der Waals surface area (Å²) in [4.78, 5) is 16.2. The molecule has 0 spiro atoms. The molecule has 0 aromatic heterocycles. The second kappa shape index (κ2) is 11.1. The number of nitrogens with zero attached hydrogens (tertiary/aromatic N) is 2. The Morgan fingerprint density at radius 1 is 1.09 bits per heavy atom. The number of rotatable bonds is 4. The van der Waals surface area contributed by atoms with Crippen LogP contribution in [0.15, 0.2) is 24.3 Å². The topological polar surface area (TPSA) is 49.6 Å². The summed E-state index contributed by atoms with van der Waals surface area (Å²) in [5.41, 5.74) is 6.71. The Kier molecular flexibility index (Phi) is 10.8. The first kappa shape index (κ1) is 21.5. The highest BCUT2D eigenvalue weighted by Gasteiger charge is 2.18. The fraction of sp³-hybridized carbons (Fsp3) is 0.533. The first-order valence-corrected chi connectivity index (χ1v) is 7.51. The summed E-state index contributed by atoms with van der Waals surface area (Å²) in [6.07, 6.45) is 1.47. The van der Waals surface area contributed by atoms with Gasteiger partial charge in [-0.15, -0.1) is 24.8 Å². The molecule has 1 aromatic rings. The van der Waals surface area contributed by atoms with Gasteiger partial charge in [0, 0.05) is 50.7 Å². The van der Waals surface area contributed by atoms with Crippen molar-refractivity contribution in [3.8, 4) is 0 Å². The van der Waals surface area contributed by atoms with Crippen LogP contribution < -0.4 is 5.73 Å². The van der Waals surface area contributed by atoms with Crippen molar-refractivity contribution in [3.63, 3.8) is 0 Å². The predicted octanol–water partition coefficient (Wildman–Crippen LogP) is 2.57. The van der Waals surface area contributed by atoms with Crippen LogP contribution in [0.25, 0.3) is 0 Å². The van der Waals surface area contributed by atoms with Gasteiger partial charge in [0.1, 0.15) is 0 Å². The summed E-state index contributed by atoms with van der Waals surface area (Å²) in [5.74, 6) is 0.181. The highest BCUT2D eigenvalue weighted by Crippen LogP contribution is 2.13. The lowest BCUT2D eigenvalue weighted by Crippen LogP contribution is -2.35. The van der Waals surface area contributed by atoms with E-state index in [4.69, 9.17) is 17.3 Å². The number of hydrogen-bond acceptors (Lipinski definition) is 3. The van der Waals surface area contributed by atoms with Gasteiger partial charge in [0.15, 0.2) is 0 Å². The Morgan fingerprint density at radius 2 is 1.77 bits per heavy atom. The average Bonchev–Trinajstić information content (AvgIpc) is 2.67. The summed E-state index contributed by atoms with van der Waals surface area (Å²) in [5, 5.41) is 0.767. The molecule has 1 heterocycles. The van der Waals surface area contributed by atoms with E-state index >= 15 is 0 Å². The van der Waals surface area contributed by atoms with Crippen LogP contribution in [0.2, 0.25) is 5.02 Å². The van der Waals surface area contributed by atoms with Gasteiger partial charge in [0.05, 0.1) is 0 Å². The van der Waals surface area contributed by atoms with Gasteiger partial charge in [-0.1, -0.05) is 23.7 Å². The van der Waals surface area contributed by atoms with Gasteiger partial charge >= 0.3 is 0 Å². The lowest BCUT2D eigenvalue weighted by Gasteiger charge is -2.22. The maximum Gasteiger partial charge on any atom is 0.223 e. The molecule has 0 radical (unpaired) electrons. The largest absolute Gasteiger partial charge is 0.341 e. The Bertz CT molecular complexity index is 442. The van der Waals surface area contributed by atoms with Crippen LogP contribution in [0.3, 0.4) is 0 Å². The Morgan fingerprint density at radius 3 is 2.41 bits per heavy atom. The van der Waals surface area contributed by atoms with Gasteiger partial charge in [0.2, 0.25) is 5.91 Å². The second-order valence-corrected chi connectivity index (χ2v) is 5.61. The molecule has 7 heteroatoms. The third kappa shape index (κ3) is 6.71. The molecule has 22 heavy (non-hydrogen) atoms. The van der Waals surface area contributed by atoms with Gasteiger partial charge in [0.25, 0.3) is 0 Å². The molecule has 1 aliphatic rings. The third-order valence-corrected chi connectivity index (χ3v) is 3.87. The molecule has 1 amide bonds. The van der Waals surface area contributed by atoms with Crippen LogP contribution in [0.4, 0.5) is 0 Å². The molecule has 1 saturated heterocycles. The van der Waals surface area contributed by atoms with Crippen LogP contribution in [-0.4, -0.2) is 48.4 Å². The number of hydrogen-bond donors (Lipinski definition) is 1. The molecule has 1 aliphatic heterocycles. The summed E-state index contributed by atoms with van der Waals surface area (Å²) in [6, 6.07) is 7.96. The van der Waals surface area contributed by atoms with Crippen LogP contribution in [0.1, 0.15) is 18.4 Å². The first-order chi connectivity index (χ1) is 9.69. The Labute approximate surface area is 149 Å². The quantitative estimate of drug-likeness (QED) is 0.888. The molecular weight excluding hydrogens is 345 g/mol. The van der Waals surface area contributed by atoms with Crippen molar-refractivity contribution in [2.45, 2.75) is 19.4 Å². The van der Waals surface area contributed by atoms with E-state index in [2.05, 4.69) is 17.0 Å². The fourth-order valence-corrected chi connectivity index (χ4v) is 2.63. The number of amides is 1. The number of carbonyl (C=O) groups is 1. The SMILES string of the molecule is Cl.Cl.NCCC(=O)N1CCCN(Cc2ccc(Cl)cc2)CC1. The molecule has 0 aliphatic carbocycles. The van der Waals surface area contributed by atoms with Crippen molar-refractivity contribution in [1.29, 1.82) is 0 Å². The number of halogens is 3. The summed E-state index contributed by atoms with van der Waals surface area (Å²) < 4.78 is 0. The molecule has 1 aromatic carbocycles. The molecular formula is C15H24Cl3N3O. The predicted molar refractivity (Wildman–Crippen MR) is 96.1 cm³/mol. The maximum atomic E-state index is 11.9. The van der Waals surface area contributed by atoms with Crippen molar-refractivity contribution in [3.05, 3.63) is 34.9 Å². The second-order valence-electron chi connectivity index (χ2n) is 5.18. The lowest BCUT2D eigenvalue weighted by molar-refractivity contribution is -0.130. The molecule has 2 rings (SSSR count). The lowest BCUT2D eigenvalue weighted by atomic mass is 10.2. The minimum Gasteiger partial charge on any atom is -0.341 e. The zero-order valence-corrected chi connectivity index (χ0v) is 14.9. The molecule has 126 valence electrons. The zero-order valence-electron chi connectivity index (χ0n) is 12.5. The van der Waals surface area contributed by atoms with E-state index < -0.39 is 0 Å². The third-order valence-electron chi connectivity index (χ3n) is 3.62. The number of nitrogens with two attached hydrogens (primary N) is 1. The van der Waals surface area contributed by atoms with E-state index in [1.54, 1.807) is 0 Å². The summed E-state index contributed by atoms with van der Waals surface area (Å²) >= 11 is 5.90. The summed E-state index contributed by atoms with van der Waals surface area (Å²) in [6.45, 7) is 4.93. The average molecular weight is 369 g/mol. The van der Waals surface area contributed by atoms with Crippen LogP contribution in [0, 0.1) is 0 Å². The molecule has 0 saturated carbocycles. The maximum absolute atomic E-state index is 11.9. The van der Waals surface area contributed by atoms with Gasteiger partial charge in [-0.05, 0) is 24.1 Å². The Balaban J connectivity index is 0.00000220. The van der Waals surface area contributed by atoms with E-state index in [-0.39, 0.29) is 30.7 Å². The van der Waals surface area contributed by atoms with E-state index in [1.807, 2.05) is 17.0 Å². The van der Waals surface area contributed by atoms with Crippen LogP contribution in [0.5, 0.6) is 0 Å². The monoisotopic (exact) mass is 367 g/mol. The highest BCUT2D eigenvalue weighted by atomic mass is 35.5. The first-order valence-electron chi connectivity index (χ1n) is 7.13.